The van der Waals surface area contributed by atoms with Crippen LogP contribution in [0, 0.1) is 19.3 Å². The van der Waals surface area contributed by atoms with Crippen LogP contribution in [-0.2, 0) is 20.9 Å². The van der Waals surface area contributed by atoms with Gasteiger partial charge in [0.25, 0.3) is 0 Å². The van der Waals surface area contributed by atoms with Gasteiger partial charge < -0.3 is 15.5 Å². The van der Waals surface area contributed by atoms with Crippen molar-refractivity contribution in [3.63, 3.8) is 0 Å². The lowest BCUT2D eigenvalue weighted by Gasteiger charge is -2.35. The van der Waals surface area contributed by atoms with Gasteiger partial charge in [0.2, 0.25) is 17.7 Å². The highest BCUT2D eigenvalue weighted by molar-refractivity contribution is 7.13. The monoisotopic (exact) mass is 470 g/mol. The number of carbonyl (C=O) groups is 3. The second-order valence-electron chi connectivity index (χ2n) is 9.82. The van der Waals surface area contributed by atoms with Crippen molar-refractivity contribution in [1.82, 2.24) is 20.5 Å². The van der Waals surface area contributed by atoms with Gasteiger partial charge in [-0.3, -0.25) is 14.4 Å². The lowest BCUT2D eigenvalue weighted by molar-refractivity contribution is -0.143. The van der Waals surface area contributed by atoms with Gasteiger partial charge in [0.15, 0.2) is 0 Å². The minimum absolute atomic E-state index is 0.155. The van der Waals surface area contributed by atoms with Gasteiger partial charge in [-0.25, -0.2) is 4.98 Å². The first-order valence-corrected chi connectivity index (χ1v) is 12.2. The number of benzene rings is 1. The molecule has 1 fully saturated rings. The molecule has 33 heavy (non-hydrogen) atoms. The van der Waals surface area contributed by atoms with Crippen LogP contribution >= 0.6 is 11.3 Å². The molecule has 3 amide bonds. The van der Waals surface area contributed by atoms with Gasteiger partial charge >= 0.3 is 0 Å². The van der Waals surface area contributed by atoms with Crippen LogP contribution in [0.4, 0.5) is 0 Å². The standard InChI is InChI=1S/C25H34N4O3S/c1-15-12-18(21-16(2)27-14-33-21)9-10-19(15)13-26-23(31)20-8-7-11-29(20)24(32)22(25(4,5)6)28-17(3)30/h9-10,12,14,20,22H,7-8,11,13H2,1-6H3,(H,26,31)(H,28,30). The first-order valence-electron chi connectivity index (χ1n) is 11.3. The third kappa shape index (κ3) is 5.79. The zero-order valence-corrected chi connectivity index (χ0v) is 21.1. The summed E-state index contributed by atoms with van der Waals surface area (Å²) in [5, 5.41) is 5.80. The van der Waals surface area contributed by atoms with Gasteiger partial charge in [0.05, 0.1) is 16.1 Å². The molecule has 2 unspecified atom stereocenters. The molecular weight excluding hydrogens is 436 g/mol. The smallest absolute Gasteiger partial charge is 0.246 e. The maximum atomic E-state index is 13.3. The Morgan fingerprint density at radius 2 is 1.97 bits per heavy atom. The van der Waals surface area contributed by atoms with Crippen molar-refractivity contribution < 1.29 is 14.4 Å². The van der Waals surface area contributed by atoms with Crippen LogP contribution in [0.3, 0.4) is 0 Å². The molecule has 0 radical (unpaired) electrons. The highest BCUT2D eigenvalue weighted by Crippen LogP contribution is 2.29. The Labute approximate surface area is 200 Å². The van der Waals surface area contributed by atoms with Crippen molar-refractivity contribution in [2.75, 3.05) is 6.54 Å². The summed E-state index contributed by atoms with van der Waals surface area (Å²) in [6.07, 6.45) is 1.39. The fraction of sp³-hybridized carbons (Fsp3) is 0.520. The number of rotatable bonds is 6. The predicted octanol–water partition coefficient (Wildman–Crippen LogP) is 3.58. The third-order valence-electron chi connectivity index (χ3n) is 6.10. The molecule has 1 aromatic heterocycles. The highest BCUT2D eigenvalue weighted by atomic mass is 32.1. The minimum Gasteiger partial charge on any atom is -0.350 e. The van der Waals surface area contributed by atoms with Crippen molar-refractivity contribution in [3.05, 3.63) is 40.5 Å². The number of likely N-dealkylation sites (tertiary alicyclic amines) is 1. The second kappa shape index (κ2) is 10.0. The fourth-order valence-corrected chi connectivity index (χ4v) is 5.04. The van der Waals surface area contributed by atoms with Crippen LogP contribution in [0.25, 0.3) is 10.4 Å². The maximum absolute atomic E-state index is 13.3. The molecule has 0 bridgehead atoms. The fourth-order valence-electron chi connectivity index (χ4n) is 4.24. The molecule has 2 atom stereocenters. The van der Waals surface area contributed by atoms with Crippen molar-refractivity contribution in [2.45, 2.75) is 73.0 Å². The van der Waals surface area contributed by atoms with E-state index < -0.39 is 17.5 Å². The quantitative estimate of drug-likeness (QED) is 0.675. The number of hydrogen-bond donors (Lipinski definition) is 2. The van der Waals surface area contributed by atoms with E-state index in [9.17, 15) is 14.4 Å². The van der Waals surface area contributed by atoms with E-state index in [0.29, 0.717) is 19.5 Å². The number of thiazole rings is 1. The summed E-state index contributed by atoms with van der Waals surface area (Å²) in [5.41, 5.74) is 5.66. The van der Waals surface area contributed by atoms with Gasteiger partial charge in [0.1, 0.15) is 12.1 Å². The summed E-state index contributed by atoms with van der Waals surface area (Å²) in [4.78, 5) is 45.1. The maximum Gasteiger partial charge on any atom is 0.246 e. The van der Waals surface area contributed by atoms with Crippen LogP contribution in [0.2, 0.25) is 0 Å². The van der Waals surface area contributed by atoms with Gasteiger partial charge in [-0.1, -0.05) is 39.0 Å². The Bertz CT molecular complexity index is 1040. The SMILES string of the molecule is CC(=O)NC(C(=O)N1CCCC1C(=O)NCc1ccc(-c2scnc2C)cc1C)C(C)(C)C. The number of amides is 3. The normalized spacial score (nSPS) is 17.0. The summed E-state index contributed by atoms with van der Waals surface area (Å²) in [7, 11) is 0. The second-order valence-corrected chi connectivity index (χ2v) is 10.7. The number of nitrogens with one attached hydrogen (secondary N) is 2. The number of nitrogens with zero attached hydrogens (tertiary/aromatic N) is 2. The van der Waals surface area contributed by atoms with E-state index in [0.717, 1.165) is 33.7 Å². The molecule has 0 spiro atoms. The molecule has 2 heterocycles. The molecule has 8 heteroatoms. The zero-order chi connectivity index (χ0) is 24.3. The van der Waals surface area contributed by atoms with E-state index in [-0.39, 0.29) is 17.7 Å². The number of aromatic nitrogens is 1. The van der Waals surface area contributed by atoms with Crippen LogP contribution in [0.15, 0.2) is 23.7 Å². The van der Waals surface area contributed by atoms with E-state index in [2.05, 4.69) is 27.8 Å². The topological polar surface area (TPSA) is 91.4 Å². The molecule has 1 saturated heterocycles. The Morgan fingerprint density at radius 1 is 1.24 bits per heavy atom. The van der Waals surface area contributed by atoms with Gasteiger partial charge in [0, 0.05) is 20.0 Å². The van der Waals surface area contributed by atoms with Crippen LogP contribution < -0.4 is 10.6 Å². The number of aryl methyl sites for hydroxylation is 2. The van der Waals surface area contributed by atoms with Crippen molar-refractivity contribution in [2.24, 2.45) is 5.41 Å². The van der Waals surface area contributed by atoms with Gasteiger partial charge in [-0.05, 0) is 48.8 Å². The molecule has 2 aromatic rings. The average Bonchev–Trinajstić information content (AvgIpc) is 3.38. The minimum atomic E-state index is -0.673. The summed E-state index contributed by atoms with van der Waals surface area (Å²) in [6.45, 7) is 12.1. The first kappa shape index (κ1) is 24.9. The lowest BCUT2D eigenvalue weighted by Crippen LogP contribution is -2.57. The Balaban J connectivity index is 1.68. The summed E-state index contributed by atoms with van der Waals surface area (Å²) in [6, 6.07) is 5.02. The molecular formula is C25H34N4O3S. The molecule has 0 aliphatic carbocycles. The average molecular weight is 471 g/mol. The molecule has 1 aromatic carbocycles. The van der Waals surface area contributed by atoms with Crippen molar-refractivity contribution in [3.8, 4) is 10.4 Å². The summed E-state index contributed by atoms with van der Waals surface area (Å²) in [5.74, 6) is -0.607. The van der Waals surface area contributed by atoms with Crippen LogP contribution in [0.1, 0.15) is 57.4 Å². The summed E-state index contributed by atoms with van der Waals surface area (Å²) >= 11 is 1.62. The van der Waals surface area contributed by atoms with Crippen LogP contribution in [0.5, 0.6) is 0 Å². The Morgan fingerprint density at radius 3 is 2.55 bits per heavy atom. The van der Waals surface area contributed by atoms with Crippen LogP contribution in [-0.4, -0.2) is 46.2 Å². The van der Waals surface area contributed by atoms with E-state index >= 15 is 0 Å². The molecule has 1 aliphatic rings. The summed E-state index contributed by atoms with van der Waals surface area (Å²) < 4.78 is 0. The largest absolute Gasteiger partial charge is 0.350 e. The number of carbonyl (C=O) groups excluding carboxylic acids is 3. The van der Waals surface area contributed by atoms with Crippen molar-refractivity contribution >= 4 is 29.1 Å². The zero-order valence-electron chi connectivity index (χ0n) is 20.3. The van der Waals surface area contributed by atoms with Gasteiger partial charge in [-0.2, -0.15) is 0 Å². The lowest BCUT2D eigenvalue weighted by atomic mass is 9.85. The predicted molar refractivity (Wildman–Crippen MR) is 131 cm³/mol. The Hall–Kier alpha value is -2.74. The molecule has 2 N–H and O–H groups in total. The molecule has 7 nitrogen and oxygen atoms in total. The molecule has 1 aliphatic heterocycles. The molecule has 0 saturated carbocycles. The van der Waals surface area contributed by atoms with E-state index in [1.54, 1.807) is 16.2 Å². The third-order valence-corrected chi connectivity index (χ3v) is 7.08. The Kier molecular flexibility index (Phi) is 7.57. The van der Waals surface area contributed by atoms with E-state index in [1.807, 2.05) is 46.2 Å². The van der Waals surface area contributed by atoms with E-state index in [1.165, 1.54) is 6.92 Å². The molecule has 3 rings (SSSR count). The van der Waals surface area contributed by atoms with Crippen molar-refractivity contribution in [1.29, 1.82) is 0 Å². The number of hydrogen-bond acceptors (Lipinski definition) is 5. The molecule has 178 valence electrons. The van der Waals surface area contributed by atoms with E-state index in [4.69, 9.17) is 0 Å². The first-order chi connectivity index (χ1) is 15.5. The van der Waals surface area contributed by atoms with Gasteiger partial charge in [-0.15, -0.1) is 11.3 Å². The highest BCUT2D eigenvalue weighted by Gasteiger charge is 2.41.